The summed E-state index contributed by atoms with van der Waals surface area (Å²) < 4.78 is 0. The molecule has 0 amide bonds. The van der Waals surface area contributed by atoms with Gasteiger partial charge in [-0.05, 0) is 11.8 Å². The first kappa shape index (κ1) is 12.8. The Morgan fingerprint density at radius 1 is 1.36 bits per heavy atom. The van der Waals surface area contributed by atoms with Gasteiger partial charge in [0.1, 0.15) is 6.04 Å². The van der Waals surface area contributed by atoms with Crippen molar-refractivity contribution in [2.45, 2.75) is 12.5 Å². The van der Waals surface area contributed by atoms with Gasteiger partial charge >= 0.3 is 11.9 Å². The van der Waals surface area contributed by atoms with Crippen LogP contribution in [0.1, 0.15) is 6.42 Å². The monoisotopic (exact) mass is 184 g/mol. The van der Waals surface area contributed by atoms with Gasteiger partial charge in [-0.2, -0.15) is 0 Å². The number of aliphatic carboxylic acids is 2. The van der Waals surface area contributed by atoms with E-state index in [1.54, 1.807) is 0 Å². The van der Waals surface area contributed by atoms with Gasteiger partial charge in [-0.25, -0.2) is 5.25 Å². The molecule has 0 aliphatic heterocycles. The molecule has 1 atom stereocenters. The lowest BCUT2D eigenvalue weighted by Crippen LogP contribution is -2.32. The molecule has 0 bridgehead atoms. The Balaban J connectivity index is 0. The smallest absolute Gasteiger partial charge is 0.321 e. The van der Waals surface area contributed by atoms with E-state index in [2.05, 4.69) is 17.0 Å². The first-order valence-electron chi connectivity index (χ1n) is 2.46. The average Bonchev–Trinajstić information content (AvgIpc) is 1.90. The van der Waals surface area contributed by atoms with Gasteiger partial charge in [-0.3, -0.25) is 9.59 Å². The highest BCUT2D eigenvalue weighted by Gasteiger charge is 2.14. The Kier molecular flexibility index (Phi) is 8.44. The maximum absolute atomic E-state index is 9.85. The minimum absolute atomic E-state index is 0.532. The van der Waals surface area contributed by atoms with Crippen molar-refractivity contribution in [2.75, 3.05) is 0 Å². The highest BCUT2D eigenvalue weighted by atomic mass is 35.5. The zero-order valence-corrected chi connectivity index (χ0v) is 6.28. The normalized spacial score (nSPS) is 10.8. The van der Waals surface area contributed by atoms with Crippen LogP contribution < -0.4 is 11.0 Å². The number of carbonyl (C=O) groups is 2. The molecular weight excluding hydrogens is 176 g/mol. The summed E-state index contributed by atoms with van der Waals surface area (Å²) in [4.78, 5) is 19.6. The van der Waals surface area contributed by atoms with E-state index < -0.39 is 24.4 Å². The SMILES string of the molecule is NCl.N[C@@H](CC(=O)O)C(=O)O. The molecular formula is C4H9ClN2O4. The molecule has 0 spiro atoms. The molecule has 6 nitrogen and oxygen atoms in total. The van der Waals surface area contributed by atoms with Crippen LogP contribution in [0.5, 0.6) is 0 Å². The molecule has 66 valence electrons. The predicted octanol–water partition coefficient (Wildman–Crippen LogP) is -1.03. The van der Waals surface area contributed by atoms with Gasteiger partial charge in [0.2, 0.25) is 0 Å². The van der Waals surface area contributed by atoms with Crippen molar-refractivity contribution in [3.63, 3.8) is 0 Å². The summed E-state index contributed by atoms with van der Waals surface area (Å²) >= 11 is 4.14. The molecule has 6 N–H and O–H groups in total. The van der Waals surface area contributed by atoms with Crippen LogP contribution in [0.4, 0.5) is 0 Å². The van der Waals surface area contributed by atoms with Gasteiger partial charge < -0.3 is 15.9 Å². The zero-order chi connectivity index (χ0) is 9.44. The van der Waals surface area contributed by atoms with Gasteiger partial charge in [-0.1, -0.05) is 0 Å². The Morgan fingerprint density at radius 2 is 1.73 bits per heavy atom. The van der Waals surface area contributed by atoms with Crippen LogP contribution in [0.3, 0.4) is 0 Å². The largest absolute Gasteiger partial charge is 0.481 e. The molecule has 0 saturated heterocycles. The Bertz CT molecular complexity index is 140. The summed E-state index contributed by atoms with van der Waals surface area (Å²) in [5.41, 5.74) is 4.84. The number of hydrogen-bond donors (Lipinski definition) is 4. The molecule has 7 heteroatoms. The molecule has 11 heavy (non-hydrogen) atoms. The summed E-state index contributed by atoms with van der Waals surface area (Å²) in [6.07, 6.45) is -0.532. The molecule has 0 aliphatic rings. The maximum atomic E-state index is 9.85. The quantitative estimate of drug-likeness (QED) is 0.416. The van der Waals surface area contributed by atoms with E-state index in [1.807, 2.05) is 0 Å². The van der Waals surface area contributed by atoms with E-state index in [0.29, 0.717) is 0 Å². The highest BCUT2D eigenvalue weighted by molar-refractivity contribution is 6.11. The fraction of sp³-hybridized carbons (Fsp3) is 0.500. The van der Waals surface area contributed by atoms with Crippen LogP contribution >= 0.6 is 11.8 Å². The first-order valence-corrected chi connectivity index (χ1v) is 2.89. The Labute approximate surface area is 67.8 Å². The van der Waals surface area contributed by atoms with Gasteiger partial charge in [0.25, 0.3) is 0 Å². The Hall–Kier alpha value is -0.850. The van der Waals surface area contributed by atoms with Crippen LogP contribution in [-0.2, 0) is 9.59 Å². The molecule has 0 aromatic heterocycles. The average molecular weight is 185 g/mol. The minimum Gasteiger partial charge on any atom is -0.481 e. The van der Waals surface area contributed by atoms with Crippen molar-refractivity contribution in [2.24, 2.45) is 11.0 Å². The fourth-order valence-electron chi connectivity index (χ4n) is 0.275. The van der Waals surface area contributed by atoms with Gasteiger partial charge in [0.15, 0.2) is 0 Å². The second-order valence-electron chi connectivity index (χ2n) is 1.54. The van der Waals surface area contributed by atoms with E-state index in [1.165, 1.54) is 0 Å². The summed E-state index contributed by atoms with van der Waals surface area (Å²) in [6.45, 7) is 0. The summed E-state index contributed by atoms with van der Waals surface area (Å²) in [7, 11) is 0. The second kappa shape index (κ2) is 7.26. The van der Waals surface area contributed by atoms with Crippen molar-refractivity contribution in [1.82, 2.24) is 0 Å². The summed E-state index contributed by atoms with van der Waals surface area (Å²) in [5.74, 6) is -2.50. The van der Waals surface area contributed by atoms with E-state index in [0.717, 1.165) is 0 Å². The second-order valence-corrected chi connectivity index (χ2v) is 1.54. The van der Waals surface area contributed by atoms with Crippen molar-refractivity contribution in [3.05, 3.63) is 0 Å². The topological polar surface area (TPSA) is 127 Å². The van der Waals surface area contributed by atoms with E-state index in [9.17, 15) is 9.59 Å². The van der Waals surface area contributed by atoms with E-state index in [-0.39, 0.29) is 0 Å². The fourth-order valence-corrected chi connectivity index (χ4v) is 0.275. The van der Waals surface area contributed by atoms with Crippen molar-refractivity contribution >= 4 is 23.7 Å². The molecule has 0 rings (SSSR count). The standard InChI is InChI=1S/C4H7NO4.ClH2N/c5-2(4(8)9)1-3(6)7;1-2/h2H,1,5H2,(H,6,7)(H,8,9);2H2/t2-;/m0./s1. The number of hydrogen-bond acceptors (Lipinski definition) is 4. The Morgan fingerprint density at radius 3 is 1.82 bits per heavy atom. The third-order valence-electron chi connectivity index (χ3n) is 0.712. The van der Waals surface area contributed by atoms with Gasteiger partial charge in [-0.15, -0.1) is 0 Å². The van der Waals surface area contributed by atoms with Crippen LogP contribution in [0.15, 0.2) is 0 Å². The van der Waals surface area contributed by atoms with Crippen molar-refractivity contribution in [1.29, 1.82) is 0 Å². The third-order valence-corrected chi connectivity index (χ3v) is 0.712. The molecule has 0 aliphatic carbocycles. The minimum atomic E-state index is -1.29. The van der Waals surface area contributed by atoms with Crippen molar-refractivity contribution in [3.8, 4) is 0 Å². The molecule has 0 radical (unpaired) electrons. The van der Waals surface area contributed by atoms with E-state index in [4.69, 9.17) is 15.9 Å². The number of rotatable bonds is 3. The number of halogens is 1. The number of carboxylic acid groups (broad SMARTS) is 2. The molecule has 0 saturated carbocycles. The number of carboxylic acids is 2. The first-order chi connectivity index (χ1) is 5.04. The lowest BCUT2D eigenvalue weighted by atomic mass is 10.2. The van der Waals surface area contributed by atoms with Crippen LogP contribution in [0.25, 0.3) is 0 Å². The molecule has 0 aromatic rings. The van der Waals surface area contributed by atoms with Gasteiger partial charge in [0, 0.05) is 0 Å². The lowest BCUT2D eigenvalue weighted by molar-refractivity contribution is -0.144. The lowest BCUT2D eigenvalue weighted by Gasteiger charge is -1.99. The zero-order valence-electron chi connectivity index (χ0n) is 5.53. The predicted molar refractivity (Wildman–Crippen MR) is 37.9 cm³/mol. The molecule has 0 unspecified atom stereocenters. The van der Waals surface area contributed by atoms with Crippen LogP contribution in [0.2, 0.25) is 0 Å². The summed E-state index contributed by atoms with van der Waals surface area (Å²) in [6, 6.07) is -1.29. The summed E-state index contributed by atoms with van der Waals surface area (Å²) in [5, 5.41) is 20.0. The van der Waals surface area contributed by atoms with Gasteiger partial charge in [0.05, 0.1) is 6.42 Å². The molecule has 0 heterocycles. The van der Waals surface area contributed by atoms with Crippen LogP contribution in [-0.4, -0.2) is 28.2 Å². The molecule has 0 fully saturated rings. The van der Waals surface area contributed by atoms with Crippen molar-refractivity contribution < 1.29 is 19.8 Å². The maximum Gasteiger partial charge on any atom is 0.321 e. The number of nitrogens with two attached hydrogens (primary N) is 2. The third kappa shape index (κ3) is 9.15. The molecule has 0 aromatic carbocycles. The van der Waals surface area contributed by atoms with E-state index >= 15 is 0 Å². The van der Waals surface area contributed by atoms with Crippen LogP contribution in [0, 0.1) is 0 Å². The highest BCUT2D eigenvalue weighted by Crippen LogP contribution is 1.86.